The summed E-state index contributed by atoms with van der Waals surface area (Å²) in [4.78, 5) is 18.4. The first-order chi connectivity index (χ1) is 10.2. The van der Waals surface area contributed by atoms with E-state index < -0.39 is 0 Å². The van der Waals surface area contributed by atoms with Crippen LogP contribution >= 0.6 is 12.4 Å². The molecule has 1 saturated heterocycles. The maximum absolute atomic E-state index is 12.2. The van der Waals surface area contributed by atoms with Crippen molar-refractivity contribution < 1.29 is 13.7 Å². The van der Waals surface area contributed by atoms with Crippen LogP contribution in [0, 0.1) is 0 Å². The molecule has 0 aromatic carbocycles. The van der Waals surface area contributed by atoms with Crippen LogP contribution in [-0.2, 0) is 11.2 Å². The molecule has 1 N–H and O–H groups in total. The quantitative estimate of drug-likeness (QED) is 0.916. The summed E-state index contributed by atoms with van der Waals surface area (Å²) in [6, 6.07) is 2.00. The van der Waals surface area contributed by atoms with Crippen LogP contribution in [0.15, 0.2) is 27.5 Å². The van der Waals surface area contributed by atoms with Crippen LogP contribution in [0.4, 0.5) is 0 Å². The monoisotopic (exact) mass is 326 g/mol. The van der Waals surface area contributed by atoms with E-state index in [4.69, 9.17) is 8.94 Å². The van der Waals surface area contributed by atoms with Gasteiger partial charge < -0.3 is 19.2 Å². The molecule has 0 unspecified atom stereocenters. The lowest BCUT2D eigenvalue weighted by atomic mass is 10.2. The molecule has 3 rings (SSSR count). The standard InChI is InChI=1S/C14H18N4O3.ClH/c1-10-8-15-5-6-18(10)13(19)3-2-12-16-14(17-21-12)11-4-7-20-9-11;/h4,7,9-10,15H,2-3,5-6,8H2,1H3;1H/t10-;/m0./s1. The number of rotatable bonds is 4. The minimum atomic E-state index is 0. The van der Waals surface area contributed by atoms with E-state index in [1.54, 1.807) is 18.6 Å². The first-order valence-electron chi connectivity index (χ1n) is 7.09. The van der Waals surface area contributed by atoms with Gasteiger partial charge in [-0.15, -0.1) is 12.4 Å². The average molecular weight is 327 g/mol. The van der Waals surface area contributed by atoms with Gasteiger partial charge in [0.05, 0.1) is 11.8 Å². The Balaban J connectivity index is 0.00000176. The first-order valence-corrected chi connectivity index (χ1v) is 7.09. The highest BCUT2D eigenvalue weighted by Gasteiger charge is 2.23. The fourth-order valence-corrected chi connectivity index (χ4v) is 2.43. The predicted octanol–water partition coefficient (Wildman–Crippen LogP) is 1.50. The van der Waals surface area contributed by atoms with Gasteiger partial charge in [0.1, 0.15) is 6.26 Å². The van der Waals surface area contributed by atoms with E-state index in [0.717, 1.165) is 25.2 Å². The van der Waals surface area contributed by atoms with Crippen molar-refractivity contribution in [2.24, 2.45) is 0 Å². The second-order valence-corrected chi connectivity index (χ2v) is 5.16. The minimum absolute atomic E-state index is 0. The molecule has 1 amide bonds. The molecule has 0 aliphatic carbocycles. The molecule has 0 bridgehead atoms. The topological polar surface area (TPSA) is 84.4 Å². The lowest BCUT2D eigenvalue weighted by Crippen LogP contribution is -2.52. The Bertz CT molecular complexity index is 599. The number of nitrogens with one attached hydrogen (secondary N) is 1. The Hall–Kier alpha value is -1.86. The van der Waals surface area contributed by atoms with Crippen LogP contribution < -0.4 is 5.32 Å². The maximum atomic E-state index is 12.2. The second kappa shape index (κ2) is 7.42. The van der Waals surface area contributed by atoms with Crippen LogP contribution in [0.1, 0.15) is 19.2 Å². The van der Waals surface area contributed by atoms with Gasteiger partial charge >= 0.3 is 0 Å². The third kappa shape index (κ3) is 3.66. The summed E-state index contributed by atoms with van der Waals surface area (Å²) >= 11 is 0. The molecule has 2 aromatic rings. The third-order valence-corrected chi connectivity index (χ3v) is 3.62. The molecule has 3 heterocycles. The Morgan fingerprint density at radius 3 is 3.14 bits per heavy atom. The molecule has 120 valence electrons. The molecule has 2 aromatic heterocycles. The molecule has 1 aliphatic heterocycles. The van der Waals surface area contributed by atoms with Gasteiger partial charge in [-0.3, -0.25) is 4.79 Å². The van der Waals surface area contributed by atoms with E-state index in [1.807, 2.05) is 11.8 Å². The lowest BCUT2D eigenvalue weighted by Gasteiger charge is -2.34. The van der Waals surface area contributed by atoms with Gasteiger partial charge in [0.2, 0.25) is 17.6 Å². The molecule has 1 fully saturated rings. The lowest BCUT2D eigenvalue weighted by molar-refractivity contribution is -0.134. The van der Waals surface area contributed by atoms with E-state index in [2.05, 4.69) is 15.5 Å². The van der Waals surface area contributed by atoms with Gasteiger partial charge in [-0.1, -0.05) is 5.16 Å². The normalized spacial score (nSPS) is 18.0. The minimum Gasteiger partial charge on any atom is -0.472 e. The van der Waals surface area contributed by atoms with Crippen molar-refractivity contribution in [3.8, 4) is 11.4 Å². The number of piperazine rings is 1. The number of nitrogens with zero attached hydrogens (tertiary/aromatic N) is 3. The number of halogens is 1. The SMILES string of the molecule is C[C@H]1CNCCN1C(=O)CCc1nc(-c2ccoc2)no1.Cl. The summed E-state index contributed by atoms with van der Waals surface area (Å²) < 4.78 is 10.1. The summed E-state index contributed by atoms with van der Waals surface area (Å²) in [6.45, 7) is 4.50. The predicted molar refractivity (Wildman–Crippen MR) is 81.6 cm³/mol. The highest BCUT2D eigenvalue weighted by Crippen LogP contribution is 2.16. The van der Waals surface area contributed by atoms with E-state index in [9.17, 15) is 4.79 Å². The molecule has 0 spiro atoms. The number of amides is 1. The van der Waals surface area contributed by atoms with Crippen molar-refractivity contribution in [3.63, 3.8) is 0 Å². The van der Waals surface area contributed by atoms with Gasteiger partial charge in [-0.25, -0.2) is 0 Å². The molecule has 0 saturated carbocycles. The summed E-state index contributed by atoms with van der Waals surface area (Å²) in [6.07, 6.45) is 3.96. The molecule has 7 nitrogen and oxygen atoms in total. The molecule has 22 heavy (non-hydrogen) atoms. The smallest absolute Gasteiger partial charge is 0.227 e. The van der Waals surface area contributed by atoms with E-state index in [-0.39, 0.29) is 24.4 Å². The summed E-state index contributed by atoms with van der Waals surface area (Å²) in [5.74, 6) is 1.09. The number of carbonyl (C=O) groups excluding carboxylic acids is 1. The van der Waals surface area contributed by atoms with Crippen LogP contribution in [0.5, 0.6) is 0 Å². The first kappa shape index (κ1) is 16.5. The number of aromatic nitrogens is 2. The number of furan rings is 1. The maximum Gasteiger partial charge on any atom is 0.227 e. The number of hydrogen-bond acceptors (Lipinski definition) is 6. The van der Waals surface area contributed by atoms with E-state index >= 15 is 0 Å². The van der Waals surface area contributed by atoms with E-state index in [1.165, 1.54) is 0 Å². The Labute approximate surface area is 134 Å². The van der Waals surface area contributed by atoms with Crippen molar-refractivity contribution >= 4 is 18.3 Å². The third-order valence-electron chi connectivity index (χ3n) is 3.62. The average Bonchev–Trinajstić information content (AvgIpc) is 3.16. The van der Waals surface area contributed by atoms with Gasteiger partial charge in [0.15, 0.2) is 0 Å². The summed E-state index contributed by atoms with van der Waals surface area (Å²) in [5, 5.41) is 7.15. The van der Waals surface area contributed by atoms with Crippen LogP contribution in [0.3, 0.4) is 0 Å². The Morgan fingerprint density at radius 1 is 1.55 bits per heavy atom. The Morgan fingerprint density at radius 2 is 2.41 bits per heavy atom. The fraction of sp³-hybridized carbons (Fsp3) is 0.500. The molecule has 1 atom stereocenters. The van der Waals surface area contributed by atoms with Crippen molar-refractivity contribution in [2.75, 3.05) is 19.6 Å². The fourth-order valence-electron chi connectivity index (χ4n) is 2.43. The van der Waals surface area contributed by atoms with Crippen molar-refractivity contribution in [2.45, 2.75) is 25.8 Å². The highest BCUT2D eigenvalue weighted by molar-refractivity contribution is 5.85. The summed E-state index contributed by atoms with van der Waals surface area (Å²) in [5.41, 5.74) is 0.770. The second-order valence-electron chi connectivity index (χ2n) is 5.16. The molecule has 0 radical (unpaired) electrons. The number of hydrogen-bond donors (Lipinski definition) is 1. The van der Waals surface area contributed by atoms with Gasteiger partial charge in [0.25, 0.3) is 0 Å². The largest absolute Gasteiger partial charge is 0.472 e. The zero-order valence-electron chi connectivity index (χ0n) is 12.3. The number of aryl methyl sites for hydroxylation is 1. The molecule has 8 heteroatoms. The molecular formula is C14H19ClN4O3. The van der Waals surface area contributed by atoms with Crippen LogP contribution in [0.25, 0.3) is 11.4 Å². The van der Waals surface area contributed by atoms with Crippen molar-refractivity contribution in [3.05, 3.63) is 24.5 Å². The number of carbonyl (C=O) groups is 1. The van der Waals surface area contributed by atoms with Crippen LogP contribution in [0.2, 0.25) is 0 Å². The van der Waals surface area contributed by atoms with Crippen molar-refractivity contribution in [1.82, 2.24) is 20.4 Å². The van der Waals surface area contributed by atoms with Crippen molar-refractivity contribution in [1.29, 1.82) is 0 Å². The highest BCUT2D eigenvalue weighted by atomic mass is 35.5. The molecular weight excluding hydrogens is 308 g/mol. The Kier molecular flexibility index (Phi) is 5.57. The summed E-state index contributed by atoms with van der Waals surface area (Å²) in [7, 11) is 0. The zero-order chi connectivity index (χ0) is 14.7. The van der Waals surface area contributed by atoms with Gasteiger partial charge in [-0.05, 0) is 13.0 Å². The molecule has 1 aliphatic rings. The van der Waals surface area contributed by atoms with Gasteiger partial charge in [-0.2, -0.15) is 4.98 Å². The van der Waals surface area contributed by atoms with Gasteiger partial charge in [0, 0.05) is 38.5 Å². The van der Waals surface area contributed by atoms with E-state index in [0.29, 0.717) is 24.6 Å². The van der Waals surface area contributed by atoms with Crippen LogP contribution in [-0.4, -0.2) is 46.6 Å². The zero-order valence-corrected chi connectivity index (χ0v) is 13.1.